The first-order valence-corrected chi connectivity index (χ1v) is 38.9. The fourth-order valence-corrected chi connectivity index (χ4v) is 15.1. The van der Waals surface area contributed by atoms with Gasteiger partial charge in [-0.25, -0.2) is 46.9 Å². The number of likely N-dealkylation sites (tertiary alicyclic amines) is 2. The molecule has 32 heteroatoms. The summed E-state index contributed by atoms with van der Waals surface area (Å²) in [5.41, 5.74) is 7.43. The number of hydrogen-bond donors (Lipinski definition) is 0. The number of nitrogens with zero attached hydrogens (tertiary/aromatic N) is 14. The Hall–Kier alpha value is -11.1. The molecule has 0 N–H and O–H groups in total. The van der Waals surface area contributed by atoms with Crippen LogP contribution in [0.5, 0.6) is 12.0 Å². The van der Waals surface area contributed by atoms with Crippen LogP contribution in [0, 0.1) is 13.1 Å². The average Bonchev–Trinajstić information content (AvgIpc) is 0.874. The van der Waals surface area contributed by atoms with Gasteiger partial charge in [-0.1, -0.05) is 133 Å². The number of carbonyl (C=O) groups is 6. The van der Waals surface area contributed by atoms with Crippen molar-refractivity contribution in [1.82, 2.24) is 39.5 Å². The molecule has 0 saturated carbocycles. The molecule has 4 fully saturated rings. The third kappa shape index (κ3) is 24.5. The monoisotopic (exact) mass is 1620 g/mol. The number of carboxylic acid groups (broad SMARTS) is 1. The Labute approximate surface area is 712 Å². The molecule has 2 unspecified atom stereocenters. The molecule has 0 bridgehead atoms. The molecule has 0 aliphatic carbocycles. The largest absolute Gasteiger partial charge is 1.00 e. The molecule has 8 heterocycles. The minimum absolute atomic E-state index is 0. The number of amides is 3. The Morgan fingerprint density at radius 3 is 1.31 bits per heavy atom. The van der Waals surface area contributed by atoms with Gasteiger partial charge in [-0.05, 0) is 94.5 Å². The van der Waals surface area contributed by atoms with Crippen molar-refractivity contribution in [2.24, 2.45) is 0 Å². The molecule has 118 heavy (non-hydrogen) atoms. The number of methoxy groups -OCH3 is 2. The van der Waals surface area contributed by atoms with Crippen molar-refractivity contribution < 1.29 is 106 Å². The average molecular weight is 1620 g/mol. The van der Waals surface area contributed by atoms with E-state index in [-0.39, 0.29) is 107 Å². The van der Waals surface area contributed by atoms with Gasteiger partial charge < -0.3 is 72.3 Å². The molecule has 4 saturated heterocycles. The van der Waals surface area contributed by atoms with E-state index in [1.165, 1.54) is 27.2 Å². The summed E-state index contributed by atoms with van der Waals surface area (Å²) >= 11 is 0. The van der Waals surface area contributed by atoms with Crippen LogP contribution in [0.1, 0.15) is 88.0 Å². The van der Waals surface area contributed by atoms with Crippen molar-refractivity contribution in [3.63, 3.8) is 0 Å². The van der Waals surface area contributed by atoms with Gasteiger partial charge in [-0.15, -0.1) is 0 Å². The molecule has 30 nitrogen and oxygen atoms in total. The van der Waals surface area contributed by atoms with Crippen LogP contribution in [-0.2, 0) is 87.0 Å². The maximum absolute atomic E-state index is 13.3. The van der Waals surface area contributed by atoms with E-state index >= 15 is 0 Å². The number of aromatic nitrogens is 4. The van der Waals surface area contributed by atoms with Crippen molar-refractivity contribution in [3.05, 3.63) is 202 Å². The summed E-state index contributed by atoms with van der Waals surface area (Å²) in [5.74, 6) is -0.783. The molecule has 8 aromatic rings. The van der Waals surface area contributed by atoms with Gasteiger partial charge in [0.1, 0.15) is 55.7 Å². The van der Waals surface area contributed by atoms with E-state index < -0.39 is 47.8 Å². The molecule has 6 atom stereocenters. The number of anilines is 4. The number of benzene rings is 6. The first kappa shape index (κ1) is 90.9. The fourth-order valence-electron chi connectivity index (χ4n) is 15.1. The molecule has 0 spiro atoms. The van der Waals surface area contributed by atoms with Gasteiger partial charge in [0.15, 0.2) is 0 Å². The molecule has 6 aliphatic rings. The van der Waals surface area contributed by atoms with Gasteiger partial charge in [-0.3, -0.25) is 19.6 Å². The van der Waals surface area contributed by atoms with Crippen LogP contribution < -0.4 is 63.7 Å². The van der Waals surface area contributed by atoms with Gasteiger partial charge in [0.25, 0.3) is 0 Å². The topological polar surface area (TPSA) is 295 Å². The first-order chi connectivity index (χ1) is 56.0. The Balaban J connectivity index is 0.000000234. The number of aliphatic carboxylic acids is 1. The zero-order valence-electron chi connectivity index (χ0n) is 68.7. The molecule has 3 amide bonds. The number of piperazine rings is 2. The maximum Gasteiger partial charge on any atom is 1.00 e. The number of likely N-dealkylation sites (N-methyl/N-ethyl adjacent to an activating group) is 1. The summed E-state index contributed by atoms with van der Waals surface area (Å²) < 4.78 is 41.1. The number of ether oxygens (including phenoxy) is 7. The molecular formula is C86H101BN14NaO16. The zero-order valence-corrected chi connectivity index (χ0v) is 70.7. The normalized spacial score (nSPS) is 18.7. The van der Waals surface area contributed by atoms with Crippen LogP contribution in [0.4, 0.5) is 37.4 Å². The summed E-state index contributed by atoms with van der Waals surface area (Å²) in [4.78, 5) is 120. The number of fused-ring (bicyclic) bond motifs is 4. The van der Waals surface area contributed by atoms with Crippen LogP contribution in [-0.4, -0.2) is 239 Å². The second kappa shape index (κ2) is 43.4. The molecule has 615 valence electrons. The van der Waals surface area contributed by atoms with E-state index in [9.17, 15) is 24.0 Å². The van der Waals surface area contributed by atoms with Crippen LogP contribution in [0.2, 0.25) is 0 Å². The van der Waals surface area contributed by atoms with E-state index in [0.717, 1.165) is 104 Å². The molecule has 14 rings (SSSR count). The predicted octanol–water partition coefficient (Wildman–Crippen LogP) is 6.79. The van der Waals surface area contributed by atoms with Crippen molar-refractivity contribution in [1.29, 1.82) is 0 Å². The predicted molar refractivity (Wildman–Crippen MR) is 438 cm³/mol. The van der Waals surface area contributed by atoms with Gasteiger partial charge in [0.2, 0.25) is 13.1 Å². The second-order valence-corrected chi connectivity index (χ2v) is 30.0. The van der Waals surface area contributed by atoms with Crippen molar-refractivity contribution in [2.45, 2.75) is 136 Å². The third-order valence-corrected chi connectivity index (χ3v) is 20.7. The van der Waals surface area contributed by atoms with E-state index in [1.807, 2.05) is 87.5 Å². The number of hydrogen-bond acceptors (Lipinski definition) is 25. The third-order valence-electron chi connectivity index (χ3n) is 20.7. The summed E-state index contributed by atoms with van der Waals surface area (Å²) in [6, 6.07) is 48.6. The van der Waals surface area contributed by atoms with Crippen LogP contribution in [0.3, 0.4) is 0 Å². The maximum atomic E-state index is 13.3. The van der Waals surface area contributed by atoms with Crippen LogP contribution >= 0.6 is 0 Å². The fraction of sp³-hybridized carbons (Fsp3) is 0.442. The van der Waals surface area contributed by atoms with Crippen molar-refractivity contribution >= 4 is 89.2 Å². The summed E-state index contributed by atoms with van der Waals surface area (Å²) in [6.07, 6.45) is 1.73. The second-order valence-electron chi connectivity index (χ2n) is 30.0. The number of carboxylic acids is 1. The van der Waals surface area contributed by atoms with E-state index in [0.29, 0.717) is 84.4 Å². The zero-order chi connectivity index (χ0) is 82.4. The van der Waals surface area contributed by atoms with Gasteiger partial charge in [0, 0.05) is 141 Å². The van der Waals surface area contributed by atoms with Crippen molar-refractivity contribution in [3.8, 4) is 12.0 Å². The number of carbonyl (C=O) groups excluding carboxylic acids is 6. The van der Waals surface area contributed by atoms with Crippen LogP contribution in [0.15, 0.2) is 146 Å². The van der Waals surface area contributed by atoms with E-state index in [4.69, 9.17) is 76.1 Å². The molecule has 6 aliphatic heterocycles. The summed E-state index contributed by atoms with van der Waals surface area (Å²) in [7, 11) is 5.49. The first-order valence-electron chi connectivity index (χ1n) is 38.9. The SMILES string of the molecule is CC(=O)OOC(C)=O.CC(=O)[O-].[B].[C-]#[N+]CC1CN(c2nc(OC[C@@H]3C[C@@H](OC)CN3C(=O)OC(C)(C)C)nc3c2CCN(c2cccc4ccccc24)C3)CCN1C(=O)OCc1ccccc1.[C-]#[N+]CC1CN(c2nc(OC[C@@H]3C[C@@H](OC)CN3C)nc3c2CCN(c2cccc4ccccc24)C3)CCN1C(=O)OCc1ccccc1.[Na+]. The summed E-state index contributed by atoms with van der Waals surface area (Å²) in [5, 5.41) is 13.7. The Morgan fingerprint density at radius 2 is 0.898 bits per heavy atom. The Morgan fingerprint density at radius 1 is 0.492 bits per heavy atom. The Bertz CT molecular complexity index is 4780. The summed E-state index contributed by atoms with van der Waals surface area (Å²) in [6.45, 7) is 32.2. The quantitative estimate of drug-likeness (QED) is 0.0281. The van der Waals surface area contributed by atoms with E-state index in [2.05, 4.69) is 130 Å². The van der Waals surface area contributed by atoms with Gasteiger partial charge >= 0.3 is 71.8 Å². The molecule has 2 aromatic heterocycles. The number of rotatable bonds is 18. The van der Waals surface area contributed by atoms with Gasteiger partial charge in [-0.2, -0.15) is 19.9 Å². The minimum atomic E-state index is -1.08. The smallest absolute Gasteiger partial charge is 0.550 e. The van der Waals surface area contributed by atoms with Gasteiger partial charge in [0.05, 0.1) is 49.3 Å². The van der Waals surface area contributed by atoms with E-state index in [1.54, 1.807) is 28.9 Å². The minimum Gasteiger partial charge on any atom is -0.550 e. The Kier molecular flexibility index (Phi) is 33.4. The van der Waals surface area contributed by atoms with Crippen LogP contribution in [0.25, 0.3) is 31.2 Å². The van der Waals surface area contributed by atoms with Crippen molar-refractivity contribution in [2.75, 3.05) is 133 Å². The molecule has 3 radical (unpaired) electrons. The molecule has 6 aromatic carbocycles. The molecular weight excluding hydrogens is 1520 g/mol. The standard InChI is InChI=1S/C42H49N7O6.C38H43N7O4.C4H6O4.C2H4O2.B.Na/c1-42(2,3)55-41(51)49-25-33(52-5)22-31(49)28-53-39-44-36-26-46(37-17-11-15-30-14-9-10-16-34(30)37)19-18-35(36)38(45-39)47-20-21-48(32(24-47)23-43-4)40(50)54-27-29-12-7-6-8-13-29;1-39-21-30-22-44(18-19-45(30)38(46)49-25-27-10-5-4-6-11-27)36-33-16-17-43(35-15-9-13-28-12-7-8-14-32(28)35)24-34(33)40-37(41-36)48-26-29-20-31(47-3)23-42(29)2;1-3(5)7-8-4(2)6;1-2(3)4;;/h6-17,31-33H,18-28H2,1-3,5H3;4-15,29-31H,16-26H2,2-3H3;1-2H3;1H3,(H,3,4);;/q;;;;;+1/p-1/t31-,32?,33+;29-,30?,31+;;;;/m00..../s1.